The van der Waals surface area contributed by atoms with Crippen LogP contribution >= 0.6 is 0 Å². The van der Waals surface area contributed by atoms with Crippen molar-refractivity contribution < 1.29 is 0 Å². The predicted octanol–water partition coefficient (Wildman–Crippen LogP) is 2.92. The maximum atomic E-state index is 6.07. The van der Waals surface area contributed by atoms with Gasteiger partial charge < -0.3 is 11.1 Å². The van der Waals surface area contributed by atoms with E-state index in [1.165, 1.54) is 51.5 Å². The van der Waals surface area contributed by atoms with E-state index < -0.39 is 0 Å². The zero-order valence-corrected chi connectivity index (χ0v) is 11.7. The first kappa shape index (κ1) is 13.4. The van der Waals surface area contributed by atoms with E-state index in [-0.39, 0.29) is 5.54 Å². The predicted molar refractivity (Wildman–Crippen MR) is 73.9 cm³/mol. The number of nitrogens with one attached hydrogen (secondary N) is 1. The van der Waals surface area contributed by atoms with Crippen LogP contribution in [0.25, 0.3) is 0 Å². The van der Waals surface area contributed by atoms with Crippen LogP contribution in [0, 0.1) is 17.8 Å². The van der Waals surface area contributed by atoms with E-state index >= 15 is 0 Å². The van der Waals surface area contributed by atoms with Gasteiger partial charge in [0.2, 0.25) is 0 Å². The quantitative estimate of drug-likeness (QED) is 0.746. The molecule has 0 bridgehead atoms. The van der Waals surface area contributed by atoms with Crippen LogP contribution < -0.4 is 11.1 Å². The van der Waals surface area contributed by atoms with E-state index in [2.05, 4.69) is 19.2 Å². The van der Waals surface area contributed by atoms with Crippen LogP contribution in [0.1, 0.15) is 58.8 Å². The molecule has 17 heavy (non-hydrogen) atoms. The molecule has 2 saturated carbocycles. The molecule has 2 aliphatic rings. The zero-order valence-electron chi connectivity index (χ0n) is 11.7. The summed E-state index contributed by atoms with van der Waals surface area (Å²) in [4.78, 5) is 0. The Morgan fingerprint density at radius 1 is 1.29 bits per heavy atom. The van der Waals surface area contributed by atoms with Crippen LogP contribution in [-0.2, 0) is 0 Å². The molecule has 2 rings (SSSR count). The van der Waals surface area contributed by atoms with Crippen molar-refractivity contribution in [1.29, 1.82) is 0 Å². The van der Waals surface area contributed by atoms with E-state index in [9.17, 15) is 0 Å². The van der Waals surface area contributed by atoms with Gasteiger partial charge in [0.1, 0.15) is 0 Å². The normalized spacial score (nSPS) is 34.2. The van der Waals surface area contributed by atoms with E-state index in [0.717, 1.165) is 24.3 Å². The van der Waals surface area contributed by atoms with Crippen molar-refractivity contribution in [2.75, 3.05) is 13.1 Å². The fraction of sp³-hybridized carbons (Fsp3) is 1.00. The molecule has 0 aromatic carbocycles. The summed E-state index contributed by atoms with van der Waals surface area (Å²) in [6.45, 7) is 6.73. The summed E-state index contributed by atoms with van der Waals surface area (Å²) in [5, 5.41) is 3.82. The van der Waals surface area contributed by atoms with Crippen LogP contribution in [0.3, 0.4) is 0 Å². The standard InChI is InChI=1S/C15H30N2/c1-12(2)14-4-3-8-15(10-14,11-16)17-9-7-13-5-6-13/h12-14,17H,3-11,16H2,1-2H3. The first-order valence-corrected chi connectivity index (χ1v) is 7.60. The second-order valence-corrected chi connectivity index (χ2v) is 6.74. The van der Waals surface area contributed by atoms with Crippen LogP contribution in [0.4, 0.5) is 0 Å². The summed E-state index contributed by atoms with van der Waals surface area (Å²) in [5.41, 5.74) is 6.34. The topological polar surface area (TPSA) is 38.0 Å². The molecule has 2 unspecified atom stereocenters. The van der Waals surface area contributed by atoms with Crippen molar-refractivity contribution in [2.24, 2.45) is 23.5 Å². The molecule has 0 aromatic heterocycles. The van der Waals surface area contributed by atoms with Gasteiger partial charge in [0.15, 0.2) is 0 Å². The van der Waals surface area contributed by atoms with Crippen molar-refractivity contribution in [2.45, 2.75) is 64.3 Å². The molecule has 0 heterocycles. The van der Waals surface area contributed by atoms with Gasteiger partial charge in [0, 0.05) is 12.1 Å². The molecule has 2 fully saturated rings. The molecular formula is C15H30N2. The molecule has 2 atom stereocenters. The van der Waals surface area contributed by atoms with E-state index in [1.54, 1.807) is 0 Å². The highest BCUT2D eigenvalue weighted by molar-refractivity contribution is 4.95. The summed E-state index contributed by atoms with van der Waals surface area (Å²) in [6.07, 6.45) is 9.65. The summed E-state index contributed by atoms with van der Waals surface area (Å²) in [5.74, 6) is 2.72. The maximum Gasteiger partial charge on any atom is 0.0306 e. The fourth-order valence-electron chi connectivity index (χ4n) is 3.34. The highest BCUT2D eigenvalue weighted by Gasteiger charge is 2.36. The van der Waals surface area contributed by atoms with Crippen molar-refractivity contribution in [3.63, 3.8) is 0 Å². The maximum absolute atomic E-state index is 6.07. The molecule has 3 N–H and O–H groups in total. The highest BCUT2D eigenvalue weighted by Crippen LogP contribution is 2.37. The van der Waals surface area contributed by atoms with Gasteiger partial charge in [-0.15, -0.1) is 0 Å². The molecule has 0 spiro atoms. The van der Waals surface area contributed by atoms with Gasteiger partial charge in [-0.3, -0.25) is 0 Å². The first-order valence-electron chi connectivity index (χ1n) is 7.60. The second kappa shape index (κ2) is 5.71. The number of rotatable bonds is 6. The third-order valence-electron chi connectivity index (χ3n) is 4.97. The van der Waals surface area contributed by atoms with Crippen molar-refractivity contribution in [3.05, 3.63) is 0 Å². The van der Waals surface area contributed by atoms with Crippen molar-refractivity contribution in [1.82, 2.24) is 5.32 Å². The van der Waals surface area contributed by atoms with Crippen LogP contribution in [0.2, 0.25) is 0 Å². The van der Waals surface area contributed by atoms with E-state index in [0.29, 0.717) is 0 Å². The number of hydrogen-bond donors (Lipinski definition) is 2. The van der Waals surface area contributed by atoms with Gasteiger partial charge in [-0.2, -0.15) is 0 Å². The summed E-state index contributed by atoms with van der Waals surface area (Å²) in [7, 11) is 0. The molecule has 2 aliphatic carbocycles. The Kier molecular flexibility index (Phi) is 4.48. The lowest BCUT2D eigenvalue weighted by Gasteiger charge is -2.42. The SMILES string of the molecule is CC(C)C1CCCC(CN)(NCCC2CC2)C1. The third kappa shape index (κ3) is 3.69. The van der Waals surface area contributed by atoms with Crippen LogP contribution in [0.15, 0.2) is 0 Å². The average Bonchev–Trinajstić information content (AvgIpc) is 3.13. The van der Waals surface area contributed by atoms with E-state index in [1.807, 2.05) is 0 Å². The Morgan fingerprint density at radius 2 is 2.06 bits per heavy atom. The third-order valence-corrected chi connectivity index (χ3v) is 4.97. The first-order chi connectivity index (χ1) is 8.15. The number of hydrogen-bond acceptors (Lipinski definition) is 2. The average molecular weight is 238 g/mol. The van der Waals surface area contributed by atoms with E-state index in [4.69, 9.17) is 5.73 Å². The lowest BCUT2D eigenvalue weighted by molar-refractivity contribution is 0.152. The van der Waals surface area contributed by atoms with Crippen molar-refractivity contribution in [3.8, 4) is 0 Å². The summed E-state index contributed by atoms with van der Waals surface area (Å²) < 4.78 is 0. The van der Waals surface area contributed by atoms with Gasteiger partial charge in [-0.25, -0.2) is 0 Å². The van der Waals surface area contributed by atoms with Gasteiger partial charge in [0.05, 0.1) is 0 Å². The molecule has 2 heteroatoms. The summed E-state index contributed by atoms with van der Waals surface area (Å²) in [6, 6.07) is 0. The Balaban J connectivity index is 1.82. The molecule has 0 aromatic rings. The Labute approximate surface area is 107 Å². The number of nitrogens with two attached hydrogens (primary N) is 1. The molecular weight excluding hydrogens is 208 g/mol. The fourth-order valence-corrected chi connectivity index (χ4v) is 3.34. The molecule has 0 amide bonds. The Morgan fingerprint density at radius 3 is 2.65 bits per heavy atom. The van der Waals surface area contributed by atoms with Gasteiger partial charge in [-0.05, 0) is 43.6 Å². The van der Waals surface area contributed by atoms with Crippen LogP contribution in [0.5, 0.6) is 0 Å². The molecule has 0 saturated heterocycles. The van der Waals surface area contributed by atoms with Gasteiger partial charge >= 0.3 is 0 Å². The minimum absolute atomic E-state index is 0.266. The molecule has 0 radical (unpaired) electrons. The van der Waals surface area contributed by atoms with Gasteiger partial charge in [0.25, 0.3) is 0 Å². The molecule has 2 nitrogen and oxygen atoms in total. The largest absolute Gasteiger partial charge is 0.329 e. The van der Waals surface area contributed by atoms with Crippen LogP contribution in [-0.4, -0.2) is 18.6 Å². The van der Waals surface area contributed by atoms with Gasteiger partial charge in [-0.1, -0.05) is 39.5 Å². The highest BCUT2D eigenvalue weighted by atomic mass is 15.0. The summed E-state index contributed by atoms with van der Waals surface area (Å²) >= 11 is 0. The second-order valence-electron chi connectivity index (χ2n) is 6.74. The zero-order chi connectivity index (χ0) is 12.3. The monoisotopic (exact) mass is 238 g/mol. The molecule has 100 valence electrons. The molecule has 0 aliphatic heterocycles. The van der Waals surface area contributed by atoms with Crippen molar-refractivity contribution >= 4 is 0 Å². The lowest BCUT2D eigenvalue weighted by Crippen LogP contribution is -2.54. The minimum Gasteiger partial charge on any atom is -0.329 e. The smallest absolute Gasteiger partial charge is 0.0306 e. The minimum atomic E-state index is 0.266. The lowest BCUT2D eigenvalue weighted by atomic mass is 9.71. The Hall–Kier alpha value is -0.0800. The Bertz CT molecular complexity index is 235.